The Balaban J connectivity index is 2.30. The van der Waals surface area contributed by atoms with Gasteiger partial charge in [0.05, 0.1) is 6.20 Å². The molecule has 1 aliphatic heterocycles. The minimum Gasteiger partial charge on any atom is -0.383 e. The van der Waals surface area contributed by atoms with Crippen molar-refractivity contribution >= 4 is 27.6 Å². The van der Waals surface area contributed by atoms with Crippen LogP contribution in [0.3, 0.4) is 0 Å². The van der Waals surface area contributed by atoms with Crippen molar-refractivity contribution in [3.63, 3.8) is 0 Å². The molecule has 0 aromatic carbocycles. The molecule has 0 spiro atoms. The molecular formula is C9H16N4O2S2. The number of nitrogens with one attached hydrogen (secondary N) is 1. The first kappa shape index (κ1) is 12.7. The molecule has 17 heavy (non-hydrogen) atoms. The van der Waals surface area contributed by atoms with Gasteiger partial charge in [0.1, 0.15) is 10.7 Å². The molecule has 0 amide bonds. The van der Waals surface area contributed by atoms with E-state index in [2.05, 4.69) is 10.2 Å². The summed E-state index contributed by atoms with van der Waals surface area (Å²) < 4.78 is 26.2. The van der Waals surface area contributed by atoms with E-state index in [0.717, 1.165) is 0 Å². The van der Waals surface area contributed by atoms with Crippen LogP contribution in [-0.4, -0.2) is 46.5 Å². The summed E-state index contributed by atoms with van der Waals surface area (Å²) in [5.74, 6) is 0.100. The molecular weight excluding hydrogens is 260 g/mol. The maximum atomic E-state index is 12.3. The fourth-order valence-corrected chi connectivity index (χ4v) is 5.10. The second-order valence-corrected chi connectivity index (χ2v) is 8.02. The van der Waals surface area contributed by atoms with Crippen molar-refractivity contribution < 1.29 is 8.42 Å². The van der Waals surface area contributed by atoms with Crippen LogP contribution in [0.4, 0.5) is 5.82 Å². The summed E-state index contributed by atoms with van der Waals surface area (Å²) in [4.78, 5) is 0.0730. The Labute approximate surface area is 105 Å². The minimum absolute atomic E-state index is 0.0730. The van der Waals surface area contributed by atoms with Crippen molar-refractivity contribution in [3.8, 4) is 0 Å². The van der Waals surface area contributed by atoms with E-state index in [1.807, 2.05) is 13.8 Å². The lowest BCUT2D eigenvalue weighted by Crippen LogP contribution is -2.44. The third kappa shape index (κ3) is 2.43. The Kier molecular flexibility index (Phi) is 3.37. The lowest BCUT2D eigenvalue weighted by Gasteiger charge is -2.33. The molecule has 0 aliphatic carbocycles. The second-order valence-electron chi connectivity index (χ2n) is 4.23. The highest BCUT2D eigenvalue weighted by molar-refractivity contribution is 8.00. The first-order chi connectivity index (χ1) is 7.91. The summed E-state index contributed by atoms with van der Waals surface area (Å²) >= 11 is 1.80. The maximum Gasteiger partial charge on any atom is 0.248 e. The van der Waals surface area contributed by atoms with Crippen molar-refractivity contribution in [3.05, 3.63) is 6.20 Å². The van der Waals surface area contributed by atoms with E-state index in [1.165, 1.54) is 10.5 Å². The summed E-state index contributed by atoms with van der Waals surface area (Å²) in [5, 5.41) is 6.70. The molecule has 2 atom stereocenters. The van der Waals surface area contributed by atoms with Gasteiger partial charge in [0.15, 0.2) is 0 Å². The Morgan fingerprint density at radius 3 is 2.53 bits per heavy atom. The van der Waals surface area contributed by atoms with Gasteiger partial charge in [-0.3, -0.25) is 5.10 Å². The molecule has 3 N–H and O–H groups in total. The normalized spacial score (nSPS) is 27.2. The topological polar surface area (TPSA) is 92.1 Å². The fourth-order valence-electron chi connectivity index (χ4n) is 1.96. The van der Waals surface area contributed by atoms with Crippen LogP contribution in [-0.2, 0) is 10.0 Å². The number of thioether (sulfide) groups is 1. The van der Waals surface area contributed by atoms with Crippen molar-refractivity contribution in [1.29, 1.82) is 0 Å². The van der Waals surface area contributed by atoms with Crippen molar-refractivity contribution in [2.24, 2.45) is 0 Å². The molecule has 1 fully saturated rings. The molecule has 1 aliphatic rings. The van der Waals surface area contributed by atoms with Gasteiger partial charge in [-0.1, -0.05) is 13.8 Å². The highest BCUT2D eigenvalue weighted by Crippen LogP contribution is 2.29. The van der Waals surface area contributed by atoms with Crippen molar-refractivity contribution in [2.45, 2.75) is 29.2 Å². The van der Waals surface area contributed by atoms with Gasteiger partial charge in [0.2, 0.25) is 10.0 Å². The highest BCUT2D eigenvalue weighted by atomic mass is 32.2. The zero-order chi connectivity index (χ0) is 12.6. The molecule has 96 valence electrons. The largest absolute Gasteiger partial charge is 0.383 e. The Bertz CT molecular complexity index is 489. The van der Waals surface area contributed by atoms with Crippen molar-refractivity contribution in [2.75, 3.05) is 18.8 Å². The second kappa shape index (κ2) is 4.51. The molecule has 0 bridgehead atoms. The number of aromatic nitrogens is 2. The zero-order valence-electron chi connectivity index (χ0n) is 9.75. The van der Waals surface area contributed by atoms with E-state index in [0.29, 0.717) is 23.6 Å². The summed E-state index contributed by atoms with van der Waals surface area (Å²) in [6, 6.07) is 0. The van der Waals surface area contributed by atoms with E-state index in [9.17, 15) is 8.42 Å². The molecule has 1 aromatic rings. The van der Waals surface area contributed by atoms with Crippen LogP contribution < -0.4 is 5.73 Å². The third-order valence-electron chi connectivity index (χ3n) is 2.64. The number of nitrogens with two attached hydrogens (primary N) is 1. The summed E-state index contributed by atoms with van der Waals surface area (Å²) in [5.41, 5.74) is 5.57. The molecule has 0 saturated carbocycles. The van der Waals surface area contributed by atoms with Gasteiger partial charge in [0, 0.05) is 23.6 Å². The molecule has 6 nitrogen and oxygen atoms in total. The number of nitrogens with zero attached hydrogens (tertiary/aromatic N) is 2. The Morgan fingerprint density at radius 1 is 1.47 bits per heavy atom. The van der Waals surface area contributed by atoms with Gasteiger partial charge in [-0.25, -0.2) is 8.42 Å². The summed E-state index contributed by atoms with van der Waals surface area (Å²) in [7, 11) is -3.51. The van der Waals surface area contributed by atoms with Crippen LogP contribution in [0, 0.1) is 0 Å². The van der Waals surface area contributed by atoms with Gasteiger partial charge < -0.3 is 5.73 Å². The van der Waals surface area contributed by atoms with Crippen LogP contribution >= 0.6 is 11.8 Å². The molecule has 0 radical (unpaired) electrons. The van der Waals surface area contributed by atoms with Crippen LogP contribution in [0.2, 0.25) is 0 Å². The first-order valence-electron chi connectivity index (χ1n) is 5.35. The summed E-state index contributed by atoms with van der Waals surface area (Å²) in [6.45, 7) is 5.09. The van der Waals surface area contributed by atoms with Gasteiger partial charge in [-0.2, -0.15) is 21.2 Å². The molecule has 8 heteroatoms. The van der Waals surface area contributed by atoms with Crippen LogP contribution in [0.15, 0.2) is 11.1 Å². The number of aromatic amines is 1. The van der Waals surface area contributed by atoms with Crippen molar-refractivity contribution in [1.82, 2.24) is 14.5 Å². The average molecular weight is 276 g/mol. The predicted molar refractivity (Wildman–Crippen MR) is 68.3 cm³/mol. The smallest absolute Gasteiger partial charge is 0.248 e. The fraction of sp³-hybridized carbons (Fsp3) is 0.667. The molecule has 1 aromatic heterocycles. The molecule has 1 saturated heterocycles. The Hall–Kier alpha value is -0.730. The lowest BCUT2D eigenvalue weighted by molar-refractivity contribution is 0.405. The highest BCUT2D eigenvalue weighted by Gasteiger charge is 2.33. The first-order valence-corrected chi connectivity index (χ1v) is 7.74. The number of H-pyrrole nitrogens is 1. The van der Waals surface area contributed by atoms with Gasteiger partial charge in [-0.05, 0) is 0 Å². The molecule has 2 rings (SSSR count). The van der Waals surface area contributed by atoms with Gasteiger partial charge in [-0.15, -0.1) is 0 Å². The SMILES string of the molecule is CC1CN(S(=O)(=O)c2cn[nH]c2N)CC(C)S1. The van der Waals surface area contributed by atoms with Gasteiger partial charge in [0.25, 0.3) is 0 Å². The minimum atomic E-state index is -3.51. The molecule has 2 unspecified atom stereocenters. The molecule has 2 heterocycles. The zero-order valence-corrected chi connectivity index (χ0v) is 11.4. The quantitative estimate of drug-likeness (QED) is 0.821. The van der Waals surface area contributed by atoms with E-state index < -0.39 is 10.0 Å². The Morgan fingerprint density at radius 2 is 2.06 bits per heavy atom. The summed E-state index contributed by atoms with van der Waals surface area (Å²) in [6.07, 6.45) is 1.27. The number of anilines is 1. The lowest BCUT2D eigenvalue weighted by atomic mass is 10.4. The van der Waals surface area contributed by atoms with E-state index in [1.54, 1.807) is 11.8 Å². The number of hydrogen-bond donors (Lipinski definition) is 2. The van der Waals surface area contributed by atoms with Crippen LogP contribution in [0.25, 0.3) is 0 Å². The number of sulfonamides is 1. The standard InChI is InChI=1S/C9H16N4O2S2/c1-6-4-13(5-7(2)16-6)17(14,15)8-3-11-12-9(8)10/h3,6-7H,4-5H2,1-2H3,(H3,10,11,12). The van der Waals surface area contributed by atoms with E-state index in [4.69, 9.17) is 5.73 Å². The average Bonchev–Trinajstić information content (AvgIpc) is 2.63. The monoisotopic (exact) mass is 276 g/mol. The number of rotatable bonds is 2. The van der Waals surface area contributed by atoms with Crippen LogP contribution in [0.1, 0.15) is 13.8 Å². The number of hydrogen-bond acceptors (Lipinski definition) is 5. The third-order valence-corrected chi connectivity index (χ3v) is 5.72. The van der Waals surface area contributed by atoms with Gasteiger partial charge >= 0.3 is 0 Å². The van der Waals surface area contributed by atoms with Crippen LogP contribution in [0.5, 0.6) is 0 Å². The van der Waals surface area contributed by atoms with E-state index in [-0.39, 0.29) is 10.7 Å². The predicted octanol–water partition coefficient (Wildman–Crippen LogP) is 0.506. The number of nitrogen functional groups attached to an aromatic ring is 1. The van der Waals surface area contributed by atoms with E-state index >= 15 is 0 Å². The maximum absolute atomic E-state index is 12.3.